The van der Waals surface area contributed by atoms with Gasteiger partial charge in [-0.3, -0.25) is 5.32 Å². The Morgan fingerprint density at radius 2 is 2.35 bits per heavy atom. The highest BCUT2D eigenvalue weighted by atomic mass is 35.5. The molecule has 2 aliphatic rings. The van der Waals surface area contributed by atoms with E-state index < -0.39 is 0 Å². The fourth-order valence-electron chi connectivity index (χ4n) is 2.09. The molecule has 3 nitrogen and oxygen atoms in total. The summed E-state index contributed by atoms with van der Waals surface area (Å²) in [6, 6.07) is 4.59. The molecule has 17 heavy (non-hydrogen) atoms. The monoisotopic (exact) mass is 271 g/mol. The van der Waals surface area contributed by atoms with Crippen LogP contribution in [-0.4, -0.2) is 18.6 Å². The first-order chi connectivity index (χ1) is 8.28. The van der Waals surface area contributed by atoms with Gasteiger partial charge >= 0.3 is 0 Å². The summed E-state index contributed by atoms with van der Waals surface area (Å²) < 4.78 is 10.7. The third kappa shape index (κ3) is 2.09. The van der Waals surface area contributed by atoms with Gasteiger partial charge in [0.15, 0.2) is 11.5 Å². The molecule has 1 saturated heterocycles. The molecular formula is C12H14ClNO2S. The van der Waals surface area contributed by atoms with Crippen molar-refractivity contribution < 1.29 is 9.47 Å². The van der Waals surface area contributed by atoms with Crippen molar-refractivity contribution in [1.82, 2.24) is 5.32 Å². The molecule has 1 N–H and O–H groups in total. The lowest BCUT2D eigenvalue weighted by Crippen LogP contribution is -2.24. The van der Waals surface area contributed by atoms with Crippen LogP contribution in [0.1, 0.15) is 24.3 Å². The van der Waals surface area contributed by atoms with Crippen LogP contribution in [0.25, 0.3) is 0 Å². The third-order valence-electron chi connectivity index (χ3n) is 3.10. The van der Waals surface area contributed by atoms with Gasteiger partial charge in [0.05, 0.1) is 10.4 Å². The molecule has 2 heterocycles. The van der Waals surface area contributed by atoms with E-state index in [2.05, 4.69) is 12.2 Å². The topological polar surface area (TPSA) is 30.5 Å². The molecule has 2 aliphatic heterocycles. The smallest absolute Gasteiger partial charge is 0.231 e. The molecule has 0 amide bonds. The number of ether oxygens (including phenoxy) is 2. The lowest BCUT2D eigenvalue weighted by atomic mass is 10.1. The molecule has 2 atom stereocenters. The van der Waals surface area contributed by atoms with Crippen molar-refractivity contribution in [2.75, 3.05) is 12.5 Å². The summed E-state index contributed by atoms with van der Waals surface area (Å²) in [6.07, 6.45) is 1.15. The van der Waals surface area contributed by atoms with Gasteiger partial charge in [-0.2, -0.15) is 0 Å². The van der Waals surface area contributed by atoms with Gasteiger partial charge in [0, 0.05) is 11.8 Å². The first kappa shape index (κ1) is 11.5. The van der Waals surface area contributed by atoms with E-state index in [1.807, 2.05) is 23.9 Å². The molecule has 1 aromatic rings. The standard InChI is InChI=1S/C12H14ClNO2S/c1-2-8-5-17-12(14-8)7-3-9(13)11-10(4-7)15-6-16-11/h3-4,8,12,14H,2,5-6H2,1H3. The van der Waals surface area contributed by atoms with Crippen LogP contribution in [0.2, 0.25) is 5.02 Å². The number of halogens is 1. The Morgan fingerprint density at radius 3 is 3.12 bits per heavy atom. The van der Waals surface area contributed by atoms with Gasteiger partial charge in [-0.25, -0.2) is 0 Å². The van der Waals surface area contributed by atoms with E-state index in [9.17, 15) is 0 Å². The number of hydrogen-bond donors (Lipinski definition) is 1. The number of nitrogens with one attached hydrogen (secondary N) is 1. The Balaban J connectivity index is 1.87. The SMILES string of the molecule is CCC1CSC(c2cc(Cl)c3c(c2)OCO3)N1. The van der Waals surface area contributed by atoms with Crippen molar-refractivity contribution in [2.24, 2.45) is 0 Å². The van der Waals surface area contributed by atoms with Crippen molar-refractivity contribution >= 4 is 23.4 Å². The molecule has 0 radical (unpaired) electrons. The molecule has 0 aliphatic carbocycles. The maximum absolute atomic E-state index is 6.18. The zero-order chi connectivity index (χ0) is 11.8. The van der Waals surface area contributed by atoms with Crippen molar-refractivity contribution in [2.45, 2.75) is 24.8 Å². The van der Waals surface area contributed by atoms with Gasteiger partial charge in [0.25, 0.3) is 0 Å². The van der Waals surface area contributed by atoms with Crippen LogP contribution < -0.4 is 14.8 Å². The summed E-state index contributed by atoms with van der Waals surface area (Å²) >= 11 is 8.10. The van der Waals surface area contributed by atoms with Crippen molar-refractivity contribution in [1.29, 1.82) is 0 Å². The van der Waals surface area contributed by atoms with Gasteiger partial charge in [0.2, 0.25) is 6.79 Å². The average Bonchev–Trinajstić information content (AvgIpc) is 2.97. The van der Waals surface area contributed by atoms with Gasteiger partial charge in [-0.1, -0.05) is 18.5 Å². The van der Waals surface area contributed by atoms with E-state index in [1.165, 1.54) is 5.56 Å². The van der Waals surface area contributed by atoms with Crippen LogP contribution in [0.15, 0.2) is 12.1 Å². The molecule has 1 fully saturated rings. The second-order valence-corrected chi connectivity index (χ2v) is 5.77. The summed E-state index contributed by atoms with van der Waals surface area (Å²) in [5.74, 6) is 2.58. The van der Waals surface area contributed by atoms with Crippen LogP contribution >= 0.6 is 23.4 Å². The Hall–Kier alpha value is -0.580. The highest BCUT2D eigenvalue weighted by molar-refractivity contribution is 7.99. The number of fused-ring (bicyclic) bond motifs is 1. The van der Waals surface area contributed by atoms with Crippen LogP contribution in [0.3, 0.4) is 0 Å². The third-order valence-corrected chi connectivity index (χ3v) is 4.71. The normalized spacial score (nSPS) is 26.5. The maximum atomic E-state index is 6.18. The molecule has 1 aromatic carbocycles. The zero-order valence-corrected chi connectivity index (χ0v) is 11.1. The van der Waals surface area contributed by atoms with Gasteiger partial charge < -0.3 is 9.47 Å². The Kier molecular flexibility index (Phi) is 3.11. The van der Waals surface area contributed by atoms with Crippen molar-refractivity contribution in [3.05, 3.63) is 22.7 Å². The van der Waals surface area contributed by atoms with Crippen LogP contribution in [0, 0.1) is 0 Å². The second kappa shape index (κ2) is 4.59. The Labute approximate surface area is 110 Å². The molecule has 3 rings (SSSR count). The highest BCUT2D eigenvalue weighted by Crippen LogP contribution is 2.44. The number of benzene rings is 1. The number of thioether (sulfide) groups is 1. The Bertz CT molecular complexity index is 441. The minimum atomic E-state index is 0.265. The summed E-state index contributed by atoms with van der Waals surface area (Å²) in [5.41, 5.74) is 1.17. The molecule has 0 spiro atoms. The molecule has 2 unspecified atom stereocenters. The summed E-state index contributed by atoms with van der Waals surface area (Å²) in [6.45, 7) is 2.47. The first-order valence-corrected chi connectivity index (χ1v) is 7.17. The van der Waals surface area contributed by atoms with Gasteiger partial charge in [-0.05, 0) is 24.1 Å². The van der Waals surface area contributed by atoms with Gasteiger partial charge in [0.1, 0.15) is 0 Å². The van der Waals surface area contributed by atoms with E-state index in [4.69, 9.17) is 21.1 Å². The second-order valence-electron chi connectivity index (χ2n) is 4.22. The zero-order valence-electron chi connectivity index (χ0n) is 9.53. The van der Waals surface area contributed by atoms with Crippen molar-refractivity contribution in [3.8, 4) is 11.5 Å². The fourth-order valence-corrected chi connectivity index (χ4v) is 3.74. The van der Waals surface area contributed by atoms with Crippen LogP contribution in [-0.2, 0) is 0 Å². The summed E-state index contributed by atoms with van der Waals surface area (Å²) in [7, 11) is 0. The highest BCUT2D eigenvalue weighted by Gasteiger charge is 2.27. The first-order valence-electron chi connectivity index (χ1n) is 5.74. The molecule has 0 bridgehead atoms. The van der Waals surface area contributed by atoms with Crippen LogP contribution in [0.4, 0.5) is 0 Å². The van der Waals surface area contributed by atoms with Crippen LogP contribution in [0.5, 0.6) is 11.5 Å². The summed E-state index contributed by atoms with van der Waals surface area (Å²) in [5, 5.41) is 4.53. The van der Waals surface area contributed by atoms with E-state index in [-0.39, 0.29) is 6.79 Å². The number of rotatable bonds is 2. The molecular weight excluding hydrogens is 258 g/mol. The predicted octanol–water partition coefficient (Wildman–Crippen LogP) is 3.18. The minimum absolute atomic E-state index is 0.265. The van der Waals surface area contributed by atoms with E-state index in [0.717, 1.165) is 17.9 Å². The lowest BCUT2D eigenvalue weighted by Gasteiger charge is -2.13. The molecule has 92 valence electrons. The predicted molar refractivity (Wildman–Crippen MR) is 70.0 cm³/mol. The molecule has 5 heteroatoms. The summed E-state index contributed by atoms with van der Waals surface area (Å²) in [4.78, 5) is 0. The Morgan fingerprint density at radius 1 is 1.47 bits per heavy atom. The van der Waals surface area contributed by atoms with E-state index >= 15 is 0 Å². The van der Waals surface area contributed by atoms with E-state index in [1.54, 1.807) is 0 Å². The maximum Gasteiger partial charge on any atom is 0.231 e. The minimum Gasteiger partial charge on any atom is -0.454 e. The van der Waals surface area contributed by atoms with Crippen molar-refractivity contribution in [3.63, 3.8) is 0 Å². The fraction of sp³-hybridized carbons (Fsp3) is 0.500. The van der Waals surface area contributed by atoms with E-state index in [0.29, 0.717) is 22.2 Å². The quantitative estimate of drug-likeness (QED) is 0.895. The lowest BCUT2D eigenvalue weighted by molar-refractivity contribution is 0.174. The largest absolute Gasteiger partial charge is 0.454 e. The molecule has 0 saturated carbocycles. The average molecular weight is 272 g/mol. The van der Waals surface area contributed by atoms with Gasteiger partial charge in [-0.15, -0.1) is 11.8 Å². The molecule has 0 aromatic heterocycles. The number of hydrogen-bond acceptors (Lipinski definition) is 4.